The largest absolute Gasteiger partial charge is 0.494 e. The van der Waals surface area contributed by atoms with Crippen molar-refractivity contribution in [1.82, 2.24) is 10.3 Å². The molecule has 0 saturated heterocycles. The maximum absolute atomic E-state index is 13.9. The number of nitrogens with one attached hydrogen (secondary N) is 1. The highest BCUT2D eigenvalue weighted by atomic mass is 32.2. The molecule has 4 rings (SSSR count). The zero-order valence-corrected chi connectivity index (χ0v) is 15.7. The lowest BCUT2D eigenvalue weighted by molar-refractivity contribution is 0.0952. The quantitative estimate of drug-likeness (QED) is 0.635. The average Bonchev–Trinajstić information content (AvgIpc) is 3.49. The van der Waals surface area contributed by atoms with Gasteiger partial charge in [0.1, 0.15) is 0 Å². The summed E-state index contributed by atoms with van der Waals surface area (Å²) in [5.74, 6) is 0.335. The standard InChI is InChI=1S/C21H19FN2O2S/c1-26-19-9-6-13(10-17(19)22)12-27-20-11-16(21(25)23-14-7-8-14)15-4-2-3-5-18(15)24-20/h2-6,9-11,14H,7-8,12H2,1H3,(H,23,25). The van der Waals surface area contributed by atoms with Crippen molar-refractivity contribution in [1.29, 1.82) is 0 Å². The van der Waals surface area contributed by atoms with Gasteiger partial charge in [-0.2, -0.15) is 0 Å². The molecule has 138 valence electrons. The summed E-state index contributed by atoms with van der Waals surface area (Å²) in [6.45, 7) is 0. The second kappa shape index (κ2) is 7.56. The number of hydrogen-bond donors (Lipinski definition) is 1. The van der Waals surface area contributed by atoms with Gasteiger partial charge < -0.3 is 10.1 Å². The number of ether oxygens (including phenoxy) is 1. The first kappa shape index (κ1) is 17.8. The molecule has 0 bridgehead atoms. The Morgan fingerprint density at radius 1 is 1.26 bits per heavy atom. The highest BCUT2D eigenvalue weighted by Crippen LogP contribution is 2.29. The number of pyridine rings is 1. The molecule has 1 aliphatic rings. The Balaban J connectivity index is 1.59. The smallest absolute Gasteiger partial charge is 0.252 e. The van der Waals surface area contributed by atoms with Crippen LogP contribution in [-0.2, 0) is 5.75 Å². The molecule has 0 radical (unpaired) electrons. The highest BCUT2D eigenvalue weighted by Gasteiger charge is 2.25. The van der Waals surface area contributed by atoms with Crippen molar-refractivity contribution in [2.75, 3.05) is 7.11 Å². The van der Waals surface area contributed by atoms with Gasteiger partial charge in [0.15, 0.2) is 11.6 Å². The van der Waals surface area contributed by atoms with Crippen molar-refractivity contribution >= 4 is 28.6 Å². The number of thioether (sulfide) groups is 1. The van der Waals surface area contributed by atoms with E-state index in [4.69, 9.17) is 4.74 Å². The number of aromatic nitrogens is 1. The van der Waals surface area contributed by atoms with Crippen molar-refractivity contribution < 1.29 is 13.9 Å². The molecule has 0 unspecified atom stereocenters. The predicted molar refractivity (Wildman–Crippen MR) is 105 cm³/mol. The van der Waals surface area contributed by atoms with Crippen molar-refractivity contribution in [3.8, 4) is 5.75 Å². The van der Waals surface area contributed by atoms with Crippen LogP contribution in [0.1, 0.15) is 28.8 Å². The molecule has 1 N–H and O–H groups in total. The number of carbonyl (C=O) groups excluding carboxylic acids is 1. The van der Waals surface area contributed by atoms with Crippen LogP contribution in [0.15, 0.2) is 53.6 Å². The van der Waals surface area contributed by atoms with E-state index in [1.165, 1.54) is 24.9 Å². The fourth-order valence-corrected chi connectivity index (χ4v) is 3.72. The van der Waals surface area contributed by atoms with Crippen LogP contribution < -0.4 is 10.1 Å². The van der Waals surface area contributed by atoms with Gasteiger partial charge in [0, 0.05) is 17.2 Å². The van der Waals surface area contributed by atoms with Crippen LogP contribution in [0, 0.1) is 5.82 Å². The summed E-state index contributed by atoms with van der Waals surface area (Å²) in [5, 5.41) is 4.63. The molecule has 0 spiro atoms. The topological polar surface area (TPSA) is 51.2 Å². The summed E-state index contributed by atoms with van der Waals surface area (Å²) in [6.07, 6.45) is 2.08. The molecule has 1 saturated carbocycles. The monoisotopic (exact) mass is 382 g/mol. The van der Waals surface area contributed by atoms with Crippen molar-refractivity contribution in [3.05, 3.63) is 65.5 Å². The first-order valence-corrected chi connectivity index (χ1v) is 9.78. The van der Waals surface area contributed by atoms with Gasteiger partial charge >= 0.3 is 0 Å². The van der Waals surface area contributed by atoms with Gasteiger partial charge in [-0.05, 0) is 42.7 Å². The average molecular weight is 382 g/mol. The number of para-hydroxylation sites is 1. The molecule has 1 aliphatic carbocycles. The number of benzene rings is 2. The van der Waals surface area contributed by atoms with E-state index in [0.717, 1.165) is 34.3 Å². The van der Waals surface area contributed by atoms with E-state index in [9.17, 15) is 9.18 Å². The highest BCUT2D eigenvalue weighted by molar-refractivity contribution is 7.98. The van der Waals surface area contributed by atoms with E-state index >= 15 is 0 Å². The lowest BCUT2D eigenvalue weighted by atomic mass is 10.1. The Hall–Kier alpha value is -2.60. The molecule has 1 amide bonds. The normalized spacial score (nSPS) is 13.6. The van der Waals surface area contributed by atoms with Crippen molar-refractivity contribution in [2.24, 2.45) is 0 Å². The van der Waals surface area contributed by atoms with Crippen molar-refractivity contribution in [3.63, 3.8) is 0 Å². The van der Waals surface area contributed by atoms with Crippen LogP contribution in [0.3, 0.4) is 0 Å². The fraction of sp³-hybridized carbons (Fsp3) is 0.238. The fourth-order valence-electron chi connectivity index (χ4n) is 2.86. The molecule has 2 aromatic carbocycles. The molecule has 3 aromatic rings. The van der Waals surface area contributed by atoms with E-state index in [2.05, 4.69) is 10.3 Å². The Morgan fingerprint density at radius 2 is 2.07 bits per heavy atom. The molecule has 0 aliphatic heterocycles. The lowest BCUT2D eigenvalue weighted by Gasteiger charge is -2.10. The Labute approximate surface area is 161 Å². The predicted octanol–water partition coefficient (Wildman–Crippen LogP) is 4.57. The SMILES string of the molecule is COc1ccc(CSc2cc(C(=O)NC3CC3)c3ccccc3n2)cc1F. The first-order chi connectivity index (χ1) is 13.1. The van der Waals surface area contributed by atoms with Gasteiger partial charge in [-0.1, -0.05) is 24.3 Å². The van der Waals surface area contributed by atoms with Gasteiger partial charge in [0.2, 0.25) is 0 Å². The van der Waals surface area contributed by atoms with Crippen LogP contribution >= 0.6 is 11.8 Å². The Kier molecular flexibility index (Phi) is 4.99. The third-order valence-electron chi connectivity index (χ3n) is 4.45. The minimum atomic E-state index is -0.383. The zero-order valence-electron chi connectivity index (χ0n) is 14.9. The van der Waals surface area contributed by atoms with Crippen LogP contribution in [0.25, 0.3) is 10.9 Å². The Bertz CT molecular complexity index is 1000. The van der Waals surface area contributed by atoms with Gasteiger partial charge in [0.25, 0.3) is 5.91 Å². The van der Waals surface area contributed by atoms with Crippen LogP contribution in [0.2, 0.25) is 0 Å². The molecule has 4 nitrogen and oxygen atoms in total. The summed E-state index contributed by atoms with van der Waals surface area (Å²) in [6, 6.07) is 14.7. The molecule has 6 heteroatoms. The number of methoxy groups -OCH3 is 1. The summed E-state index contributed by atoms with van der Waals surface area (Å²) < 4.78 is 18.8. The van der Waals surface area contributed by atoms with E-state index < -0.39 is 0 Å². The lowest BCUT2D eigenvalue weighted by Crippen LogP contribution is -2.25. The summed E-state index contributed by atoms with van der Waals surface area (Å²) in [4.78, 5) is 17.3. The Morgan fingerprint density at radius 3 is 2.81 bits per heavy atom. The van der Waals surface area contributed by atoms with Gasteiger partial charge in [-0.15, -0.1) is 11.8 Å². The second-order valence-corrected chi connectivity index (χ2v) is 7.53. The number of nitrogens with zero attached hydrogens (tertiary/aromatic N) is 1. The summed E-state index contributed by atoms with van der Waals surface area (Å²) >= 11 is 1.48. The molecule has 1 heterocycles. The van der Waals surface area contributed by atoms with E-state index in [1.54, 1.807) is 6.07 Å². The number of fused-ring (bicyclic) bond motifs is 1. The number of halogens is 1. The van der Waals surface area contributed by atoms with Gasteiger partial charge in [0.05, 0.1) is 23.2 Å². The maximum atomic E-state index is 13.9. The van der Waals surface area contributed by atoms with Crippen LogP contribution in [0.5, 0.6) is 5.75 Å². The van der Waals surface area contributed by atoms with Crippen LogP contribution in [0.4, 0.5) is 4.39 Å². The van der Waals surface area contributed by atoms with Gasteiger partial charge in [-0.25, -0.2) is 9.37 Å². The van der Waals surface area contributed by atoms with Gasteiger partial charge in [-0.3, -0.25) is 4.79 Å². The molecular weight excluding hydrogens is 363 g/mol. The first-order valence-electron chi connectivity index (χ1n) is 8.80. The third-order valence-corrected chi connectivity index (χ3v) is 5.44. The summed E-state index contributed by atoms with van der Waals surface area (Å²) in [7, 11) is 1.44. The molecule has 27 heavy (non-hydrogen) atoms. The van der Waals surface area contributed by atoms with Crippen molar-refractivity contribution in [2.45, 2.75) is 29.7 Å². The van der Waals surface area contributed by atoms with Crippen LogP contribution in [-0.4, -0.2) is 24.0 Å². The van der Waals surface area contributed by atoms with E-state index in [0.29, 0.717) is 17.4 Å². The third kappa shape index (κ3) is 4.06. The van der Waals surface area contributed by atoms with E-state index in [-0.39, 0.29) is 17.5 Å². The molecule has 0 atom stereocenters. The number of carbonyl (C=O) groups is 1. The number of rotatable bonds is 6. The number of hydrogen-bond acceptors (Lipinski definition) is 4. The zero-order chi connectivity index (χ0) is 18.8. The minimum absolute atomic E-state index is 0.0616. The maximum Gasteiger partial charge on any atom is 0.252 e. The molecular formula is C21H19FN2O2S. The minimum Gasteiger partial charge on any atom is -0.494 e. The molecule has 1 fully saturated rings. The summed E-state index contributed by atoms with van der Waals surface area (Å²) in [5.41, 5.74) is 2.25. The molecule has 1 aromatic heterocycles. The number of amides is 1. The second-order valence-electron chi connectivity index (χ2n) is 6.53. The van der Waals surface area contributed by atoms with E-state index in [1.807, 2.05) is 36.4 Å².